The quantitative estimate of drug-likeness (QED) is 0.762. The van der Waals surface area contributed by atoms with Gasteiger partial charge in [0.2, 0.25) is 0 Å². The maximum absolute atomic E-state index is 9.37. The van der Waals surface area contributed by atoms with Gasteiger partial charge in [-0.15, -0.1) is 0 Å². The van der Waals surface area contributed by atoms with Gasteiger partial charge in [0.15, 0.2) is 5.75 Å². The molecule has 0 fully saturated rings. The van der Waals surface area contributed by atoms with Crippen molar-refractivity contribution >= 4 is 17.3 Å². The van der Waals surface area contributed by atoms with Crippen molar-refractivity contribution in [3.05, 3.63) is 47.7 Å². The van der Waals surface area contributed by atoms with E-state index in [1.165, 1.54) is 0 Å². The molecule has 1 atom stereocenters. The summed E-state index contributed by atoms with van der Waals surface area (Å²) in [7, 11) is 0. The summed E-state index contributed by atoms with van der Waals surface area (Å²) in [6.07, 6.45) is 2.41. The van der Waals surface area contributed by atoms with Gasteiger partial charge < -0.3 is 20.3 Å². The van der Waals surface area contributed by atoms with Crippen LogP contribution >= 0.6 is 11.6 Å². The van der Waals surface area contributed by atoms with Gasteiger partial charge in [-0.25, -0.2) is 0 Å². The number of anilines is 1. The van der Waals surface area contributed by atoms with Crippen LogP contribution in [0.1, 0.15) is 0 Å². The second kappa shape index (κ2) is 7.09. The lowest BCUT2D eigenvalue weighted by atomic mass is 10.2. The molecule has 20 heavy (non-hydrogen) atoms. The number of nitrogens with zero attached hydrogens (tertiary/aromatic N) is 1. The average Bonchev–Trinajstić information content (AvgIpc) is 2.48. The molecule has 0 amide bonds. The van der Waals surface area contributed by atoms with Gasteiger partial charge in [-0.3, -0.25) is 4.98 Å². The molecule has 0 aliphatic rings. The maximum atomic E-state index is 9.37. The fraction of sp³-hybridized carbons (Fsp3) is 0.214. The van der Waals surface area contributed by atoms with Gasteiger partial charge in [-0.05, 0) is 30.3 Å². The monoisotopic (exact) mass is 294 g/mol. The van der Waals surface area contributed by atoms with Gasteiger partial charge in [0.25, 0.3) is 0 Å². The Labute approximate surface area is 121 Å². The molecule has 5 nitrogen and oxygen atoms in total. The second-order valence-corrected chi connectivity index (χ2v) is 4.59. The van der Waals surface area contributed by atoms with Crippen molar-refractivity contribution in [3.8, 4) is 11.5 Å². The normalized spacial score (nSPS) is 11.9. The van der Waals surface area contributed by atoms with Crippen LogP contribution in [0.15, 0.2) is 42.7 Å². The fourth-order valence-electron chi connectivity index (χ4n) is 1.56. The van der Waals surface area contributed by atoms with E-state index in [0.717, 1.165) is 0 Å². The maximum Gasteiger partial charge on any atom is 0.150 e. The van der Waals surface area contributed by atoms with Crippen LogP contribution in [-0.4, -0.2) is 34.5 Å². The van der Waals surface area contributed by atoms with E-state index >= 15 is 0 Å². The number of ether oxygens (including phenoxy) is 1. The Kier molecular flexibility index (Phi) is 5.17. The van der Waals surface area contributed by atoms with E-state index in [1.54, 1.807) is 42.7 Å². The van der Waals surface area contributed by atoms with E-state index in [2.05, 4.69) is 10.3 Å². The van der Waals surface area contributed by atoms with Gasteiger partial charge in [0.05, 0.1) is 24.6 Å². The van der Waals surface area contributed by atoms with Crippen LogP contribution in [0.3, 0.4) is 0 Å². The number of aromatic nitrogens is 1. The first kappa shape index (κ1) is 14.6. The minimum absolute atomic E-state index is 0.195. The van der Waals surface area contributed by atoms with Crippen LogP contribution in [0, 0.1) is 0 Å². The van der Waals surface area contributed by atoms with Crippen molar-refractivity contribution in [2.24, 2.45) is 0 Å². The molecule has 0 aliphatic carbocycles. The number of hydrogen-bond donors (Lipinski definition) is 3. The molecule has 6 heteroatoms. The molecule has 0 radical (unpaired) electrons. The molecule has 2 aromatic rings. The molecule has 1 heterocycles. The molecular weight excluding hydrogens is 280 g/mol. The third-order valence-corrected chi connectivity index (χ3v) is 2.78. The van der Waals surface area contributed by atoms with Crippen LogP contribution < -0.4 is 10.1 Å². The van der Waals surface area contributed by atoms with Crippen molar-refractivity contribution in [1.29, 1.82) is 0 Å². The second-order valence-electron chi connectivity index (χ2n) is 4.15. The molecule has 0 bridgehead atoms. The number of aliphatic hydroxyl groups is 2. The summed E-state index contributed by atoms with van der Waals surface area (Å²) in [6.45, 7) is -0.118. The van der Waals surface area contributed by atoms with E-state index in [4.69, 9.17) is 21.4 Å². The molecule has 1 aromatic carbocycles. The summed E-state index contributed by atoms with van der Waals surface area (Å²) in [4.78, 5) is 3.97. The van der Waals surface area contributed by atoms with Gasteiger partial charge >= 0.3 is 0 Å². The summed E-state index contributed by atoms with van der Waals surface area (Å²) >= 11 is 5.95. The number of rotatable bonds is 6. The highest BCUT2D eigenvalue weighted by atomic mass is 35.5. The van der Waals surface area contributed by atoms with E-state index in [9.17, 15) is 5.11 Å². The largest absolute Gasteiger partial charge is 0.454 e. The van der Waals surface area contributed by atoms with E-state index in [1.807, 2.05) is 0 Å². The van der Waals surface area contributed by atoms with Gasteiger partial charge in [0.1, 0.15) is 5.75 Å². The van der Waals surface area contributed by atoms with E-state index < -0.39 is 6.10 Å². The van der Waals surface area contributed by atoms with Gasteiger partial charge in [-0.1, -0.05) is 11.6 Å². The number of pyridine rings is 1. The zero-order valence-corrected chi connectivity index (χ0v) is 11.4. The standard InChI is InChI=1S/C14H15ClN2O3/c15-10-3-4-14(20-12-2-1-5-16-8-12)13(6-10)17-7-11(19)9-18/h1-6,8,11,17-19H,7,9H2. The molecule has 0 aliphatic heterocycles. The Morgan fingerprint density at radius 2 is 2.20 bits per heavy atom. The number of hydrogen-bond acceptors (Lipinski definition) is 5. The van der Waals surface area contributed by atoms with E-state index in [0.29, 0.717) is 22.2 Å². The van der Waals surface area contributed by atoms with Crippen molar-refractivity contribution < 1.29 is 14.9 Å². The number of halogens is 1. The lowest BCUT2D eigenvalue weighted by molar-refractivity contribution is 0.105. The smallest absolute Gasteiger partial charge is 0.150 e. The number of aliphatic hydroxyl groups excluding tert-OH is 2. The molecule has 1 aromatic heterocycles. The highest BCUT2D eigenvalue weighted by Crippen LogP contribution is 2.31. The van der Waals surface area contributed by atoms with Crippen LogP contribution in [-0.2, 0) is 0 Å². The van der Waals surface area contributed by atoms with Crippen molar-refractivity contribution in [1.82, 2.24) is 4.98 Å². The Morgan fingerprint density at radius 3 is 2.90 bits per heavy atom. The highest BCUT2D eigenvalue weighted by molar-refractivity contribution is 6.30. The Morgan fingerprint density at radius 1 is 1.35 bits per heavy atom. The molecule has 0 saturated heterocycles. The van der Waals surface area contributed by atoms with Crippen molar-refractivity contribution in [2.45, 2.75) is 6.10 Å². The first-order valence-electron chi connectivity index (χ1n) is 6.09. The van der Waals surface area contributed by atoms with Crippen LogP contribution in [0.2, 0.25) is 5.02 Å². The van der Waals surface area contributed by atoms with Crippen LogP contribution in [0.5, 0.6) is 11.5 Å². The fourth-order valence-corrected chi connectivity index (χ4v) is 1.73. The Balaban J connectivity index is 2.15. The third kappa shape index (κ3) is 4.09. The topological polar surface area (TPSA) is 74.6 Å². The molecule has 3 N–H and O–H groups in total. The van der Waals surface area contributed by atoms with Crippen molar-refractivity contribution in [3.63, 3.8) is 0 Å². The lowest BCUT2D eigenvalue weighted by Crippen LogP contribution is -2.23. The van der Waals surface area contributed by atoms with E-state index in [-0.39, 0.29) is 13.2 Å². The minimum Gasteiger partial charge on any atom is -0.454 e. The van der Waals surface area contributed by atoms with Gasteiger partial charge in [0, 0.05) is 17.8 Å². The minimum atomic E-state index is -0.847. The number of benzene rings is 1. The lowest BCUT2D eigenvalue weighted by Gasteiger charge is -2.15. The van der Waals surface area contributed by atoms with Gasteiger partial charge in [-0.2, -0.15) is 0 Å². The predicted octanol–water partition coefficient (Wildman–Crippen LogP) is 2.29. The SMILES string of the molecule is OCC(O)CNc1cc(Cl)ccc1Oc1cccnc1. The van der Waals surface area contributed by atoms with Crippen LogP contribution in [0.4, 0.5) is 5.69 Å². The first-order valence-corrected chi connectivity index (χ1v) is 6.47. The summed E-state index contributed by atoms with van der Waals surface area (Å²) in [5.74, 6) is 1.16. The van der Waals surface area contributed by atoms with Crippen molar-refractivity contribution in [2.75, 3.05) is 18.5 Å². The summed E-state index contributed by atoms with van der Waals surface area (Å²) in [6, 6.07) is 8.68. The predicted molar refractivity (Wildman–Crippen MR) is 77.3 cm³/mol. The Bertz CT molecular complexity index is 551. The third-order valence-electron chi connectivity index (χ3n) is 2.54. The summed E-state index contributed by atoms with van der Waals surface area (Å²) in [5.41, 5.74) is 0.633. The zero-order chi connectivity index (χ0) is 14.4. The number of nitrogens with one attached hydrogen (secondary N) is 1. The molecule has 0 spiro atoms. The van der Waals surface area contributed by atoms with Crippen LogP contribution in [0.25, 0.3) is 0 Å². The molecular formula is C14H15ClN2O3. The molecule has 2 rings (SSSR count). The average molecular weight is 295 g/mol. The first-order chi connectivity index (χ1) is 9.69. The highest BCUT2D eigenvalue weighted by Gasteiger charge is 2.08. The summed E-state index contributed by atoms with van der Waals surface area (Å²) < 4.78 is 5.70. The molecule has 1 unspecified atom stereocenters. The Hall–Kier alpha value is -1.82. The summed E-state index contributed by atoms with van der Waals surface area (Å²) in [5, 5.41) is 21.7. The molecule has 0 saturated carbocycles. The zero-order valence-electron chi connectivity index (χ0n) is 10.7. The molecule has 106 valence electrons.